The number of piperazine rings is 1. The van der Waals surface area contributed by atoms with Gasteiger partial charge in [-0.25, -0.2) is 0 Å². The maximum atomic E-state index is 12.3. The van der Waals surface area contributed by atoms with Crippen LogP contribution in [0.1, 0.15) is 25.0 Å². The van der Waals surface area contributed by atoms with Crippen LogP contribution in [0.25, 0.3) is 0 Å². The lowest BCUT2D eigenvalue weighted by Crippen LogP contribution is -2.59. The topological polar surface area (TPSA) is 62.3 Å². The Morgan fingerprint density at radius 1 is 1.47 bits per heavy atom. The van der Waals surface area contributed by atoms with Crippen molar-refractivity contribution in [3.63, 3.8) is 0 Å². The van der Waals surface area contributed by atoms with Gasteiger partial charge in [-0.2, -0.15) is 0 Å². The van der Waals surface area contributed by atoms with Crippen LogP contribution in [0, 0.1) is 12.8 Å². The molecule has 0 aromatic carbocycles. The number of nitrogens with one attached hydrogen (secondary N) is 1. The number of nitrogens with zero attached hydrogens (tertiary/aromatic N) is 2. The van der Waals surface area contributed by atoms with Gasteiger partial charge in [0.1, 0.15) is 6.04 Å². The molecule has 0 bridgehead atoms. The van der Waals surface area contributed by atoms with Crippen LogP contribution in [-0.2, 0) is 16.1 Å². The maximum absolute atomic E-state index is 12.3. The normalized spacial score (nSPS) is 19.8. The van der Waals surface area contributed by atoms with E-state index in [0.29, 0.717) is 6.54 Å². The highest BCUT2D eigenvalue weighted by molar-refractivity contribution is 5.94. The number of carbonyl (C=O) groups excluding carboxylic acids is 2. The summed E-state index contributed by atoms with van der Waals surface area (Å²) in [6.45, 7) is 6.42. The largest absolute Gasteiger partial charge is 0.343 e. The predicted octanol–water partition coefficient (Wildman–Crippen LogP) is 0.873. The summed E-state index contributed by atoms with van der Waals surface area (Å²) >= 11 is 0. The highest BCUT2D eigenvalue weighted by Gasteiger charge is 2.34. The molecular formula is C14H19N3O2. The summed E-state index contributed by atoms with van der Waals surface area (Å²) in [4.78, 5) is 29.7. The molecule has 2 amide bonds. The van der Waals surface area contributed by atoms with Crippen LogP contribution in [0.5, 0.6) is 0 Å². The molecule has 102 valence electrons. The number of rotatable bonds is 3. The average molecular weight is 261 g/mol. The maximum Gasteiger partial charge on any atom is 0.246 e. The van der Waals surface area contributed by atoms with Gasteiger partial charge in [-0.05, 0) is 30.0 Å². The molecule has 1 aliphatic heterocycles. The van der Waals surface area contributed by atoms with E-state index in [9.17, 15) is 9.59 Å². The van der Waals surface area contributed by atoms with E-state index in [1.165, 1.54) is 0 Å². The molecule has 0 saturated carbocycles. The van der Waals surface area contributed by atoms with Crippen molar-refractivity contribution in [1.29, 1.82) is 0 Å². The lowest BCUT2D eigenvalue weighted by Gasteiger charge is -2.34. The van der Waals surface area contributed by atoms with Gasteiger partial charge in [0.15, 0.2) is 0 Å². The van der Waals surface area contributed by atoms with Gasteiger partial charge in [0, 0.05) is 18.9 Å². The monoisotopic (exact) mass is 261 g/mol. The van der Waals surface area contributed by atoms with Crippen molar-refractivity contribution >= 4 is 11.8 Å². The second-order valence-corrected chi connectivity index (χ2v) is 5.29. The van der Waals surface area contributed by atoms with Crippen molar-refractivity contribution in [3.8, 4) is 0 Å². The van der Waals surface area contributed by atoms with E-state index in [0.717, 1.165) is 11.1 Å². The molecule has 1 saturated heterocycles. The summed E-state index contributed by atoms with van der Waals surface area (Å²) in [6.07, 6.45) is 3.47. The summed E-state index contributed by atoms with van der Waals surface area (Å²) in [7, 11) is 0. The van der Waals surface area contributed by atoms with Crippen LogP contribution < -0.4 is 5.32 Å². The Morgan fingerprint density at radius 3 is 2.84 bits per heavy atom. The highest BCUT2D eigenvalue weighted by atomic mass is 16.2. The Labute approximate surface area is 113 Å². The quantitative estimate of drug-likeness (QED) is 0.878. The Morgan fingerprint density at radius 2 is 2.21 bits per heavy atom. The summed E-state index contributed by atoms with van der Waals surface area (Å²) in [5.41, 5.74) is 2.06. The summed E-state index contributed by atoms with van der Waals surface area (Å²) in [5, 5.41) is 2.75. The first-order valence-electron chi connectivity index (χ1n) is 6.46. The van der Waals surface area contributed by atoms with Gasteiger partial charge in [-0.1, -0.05) is 13.8 Å². The smallest absolute Gasteiger partial charge is 0.246 e. The third-order valence-corrected chi connectivity index (χ3v) is 3.39. The molecule has 1 atom stereocenters. The summed E-state index contributed by atoms with van der Waals surface area (Å²) in [6, 6.07) is 1.47. The second-order valence-electron chi connectivity index (χ2n) is 5.29. The molecule has 2 rings (SSSR count). The molecule has 1 fully saturated rings. The molecule has 2 heterocycles. The van der Waals surface area contributed by atoms with Gasteiger partial charge < -0.3 is 10.2 Å². The first-order chi connectivity index (χ1) is 8.99. The summed E-state index contributed by atoms with van der Waals surface area (Å²) in [5.74, 6) is -0.00592. The van der Waals surface area contributed by atoms with Gasteiger partial charge in [0.05, 0.1) is 6.54 Å². The minimum Gasteiger partial charge on any atom is -0.343 e. The van der Waals surface area contributed by atoms with Crippen molar-refractivity contribution < 1.29 is 9.59 Å². The standard InChI is InChI=1S/C14H19N3O2/c1-9(2)13-14(19)17(8-12(18)16-13)7-11-4-5-15-6-10(11)3/h4-6,9,13H,7-8H2,1-3H3,(H,16,18). The van der Waals surface area contributed by atoms with E-state index in [2.05, 4.69) is 10.3 Å². The van der Waals surface area contributed by atoms with Crippen molar-refractivity contribution in [2.45, 2.75) is 33.4 Å². The van der Waals surface area contributed by atoms with Crippen molar-refractivity contribution in [2.75, 3.05) is 6.54 Å². The van der Waals surface area contributed by atoms with Gasteiger partial charge in [0.2, 0.25) is 11.8 Å². The number of hydrogen-bond acceptors (Lipinski definition) is 3. The minimum absolute atomic E-state index is 0.00851. The minimum atomic E-state index is -0.414. The fraction of sp³-hybridized carbons (Fsp3) is 0.500. The van der Waals surface area contributed by atoms with E-state index in [-0.39, 0.29) is 24.3 Å². The van der Waals surface area contributed by atoms with E-state index in [4.69, 9.17) is 0 Å². The Kier molecular flexibility index (Phi) is 3.83. The molecule has 1 aromatic heterocycles. The van der Waals surface area contributed by atoms with Crippen molar-refractivity contribution in [3.05, 3.63) is 29.6 Å². The fourth-order valence-corrected chi connectivity index (χ4v) is 2.20. The van der Waals surface area contributed by atoms with Crippen molar-refractivity contribution in [2.24, 2.45) is 5.92 Å². The first kappa shape index (κ1) is 13.5. The molecule has 0 spiro atoms. The van der Waals surface area contributed by atoms with Crippen molar-refractivity contribution in [1.82, 2.24) is 15.2 Å². The molecule has 1 N–H and O–H groups in total. The molecule has 1 unspecified atom stereocenters. The lowest BCUT2D eigenvalue weighted by molar-refractivity contribution is -0.146. The number of aromatic nitrogens is 1. The van der Waals surface area contributed by atoms with E-state index < -0.39 is 6.04 Å². The third kappa shape index (κ3) is 2.92. The fourth-order valence-electron chi connectivity index (χ4n) is 2.20. The Hall–Kier alpha value is -1.91. The zero-order valence-electron chi connectivity index (χ0n) is 11.5. The Bertz CT molecular complexity index is 499. The molecule has 0 radical (unpaired) electrons. The number of pyridine rings is 1. The molecule has 0 aliphatic carbocycles. The van der Waals surface area contributed by atoms with Crippen LogP contribution in [0.2, 0.25) is 0 Å². The van der Waals surface area contributed by atoms with Gasteiger partial charge >= 0.3 is 0 Å². The molecular weight excluding hydrogens is 242 g/mol. The number of carbonyl (C=O) groups is 2. The molecule has 1 aromatic rings. The van der Waals surface area contributed by atoms with Crippen LogP contribution in [0.4, 0.5) is 0 Å². The van der Waals surface area contributed by atoms with Crippen LogP contribution in [0.3, 0.4) is 0 Å². The number of amides is 2. The molecule has 1 aliphatic rings. The third-order valence-electron chi connectivity index (χ3n) is 3.39. The number of hydrogen-bond donors (Lipinski definition) is 1. The van der Waals surface area contributed by atoms with E-state index in [1.807, 2.05) is 26.8 Å². The van der Waals surface area contributed by atoms with Crippen LogP contribution in [0.15, 0.2) is 18.5 Å². The molecule has 19 heavy (non-hydrogen) atoms. The highest BCUT2D eigenvalue weighted by Crippen LogP contribution is 2.15. The second kappa shape index (κ2) is 5.38. The SMILES string of the molecule is Cc1cnccc1CN1CC(=O)NC(C(C)C)C1=O. The number of aryl methyl sites for hydroxylation is 1. The van der Waals surface area contributed by atoms with Gasteiger partial charge in [-0.3, -0.25) is 14.6 Å². The lowest BCUT2D eigenvalue weighted by atomic mass is 10.00. The van der Waals surface area contributed by atoms with E-state index >= 15 is 0 Å². The van der Waals surface area contributed by atoms with Crippen LogP contribution in [-0.4, -0.2) is 34.3 Å². The molecule has 5 nitrogen and oxygen atoms in total. The summed E-state index contributed by atoms with van der Waals surface area (Å²) < 4.78 is 0. The molecule has 5 heteroatoms. The Balaban J connectivity index is 2.17. The van der Waals surface area contributed by atoms with Crippen LogP contribution >= 0.6 is 0 Å². The van der Waals surface area contributed by atoms with Gasteiger partial charge in [0.25, 0.3) is 0 Å². The van der Waals surface area contributed by atoms with E-state index in [1.54, 1.807) is 17.3 Å². The van der Waals surface area contributed by atoms with Gasteiger partial charge in [-0.15, -0.1) is 0 Å². The average Bonchev–Trinajstić information content (AvgIpc) is 2.35. The predicted molar refractivity (Wildman–Crippen MR) is 71.2 cm³/mol. The zero-order chi connectivity index (χ0) is 14.0. The zero-order valence-corrected chi connectivity index (χ0v) is 11.5. The first-order valence-corrected chi connectivity index (χ1v) is 6.46.